The second-order valence-electron chi connectivity index (χ2n) is 3.46. The molecule has 0 saturated heterocycles. The third-order valence-electron chi connectivity index (χ3n) is 2.16. The van der Waals surface area contributed by atoms with E-state index in [0.717, 1.165) is 0 Å². The maximum Gasteiger partial charge on any atom is 0.360 e. The number of oxazole rings is 1. The van der Waals surface area contributed by atoms with Crippen LogP contribution in [-0.4, -0.2) is 44.4 Å². The first-order chi connectivity index (χ1) is 8.72. The lowest BCUT2D eigenvalue weighted by atomic mass is 10.5. The van der Waals surface area contributed by atoms with E-state index in [4.69, 9.17) is 13.9 Å². The van der Waals surface area contributed by atoms with Crippen LogP contribution in [0, 0.1) is 0 Å². The van der Waals surface area contributed by atoms with E-state index in [-0.39, 0.29) is 5.69 Å². The summed E-state index contributed by atoms with van der Waals surface area (Å²) in [6.45, 7) is 7.40. The summed E-state index contributed by atoms with van der Waals surface area (Å²) in [5.74, 6) is -0.488. The van der Waals surface area contributed by atoms with E-state index >= 15 is 0 Å². The average molecular weight is 254 g/mol. The number of carbonyl (C=O) groups excluding carboxylic acids is 1. The molecule has 0 aliphatic rings. The molecule has 0 saturated carbocycles. The third kappa shape index (κ3) is 3.89. The Morgan fingerprint density at radius 3 is 3.06 bits per heavy atom. The van der Waals surface area contributed by atoms with Crippen molar-refractivity contribution in [1.82, 2.24) is 4.98 Å². The van der Waals surface area contributed by atoms with E-state index in [0.29, 0.717) is 32.3 Å². The van der Waals surface area contributed by atoms with Crippen LogP contribution in [0.5, 0.6) is 0 Å². The van der Waals surface area contributed by atoms with Crippen LogP contribution in [-0.2, 0) is 9.47 Å². The summed E-state index contributed by atoms with van der Waals surface area (Å²) in [7, 11) is 1.62. The molecular formula is C12H18N2O4. The van der Waals surface area contributed by atoms with Crippen molar-refractivity contribution >= 4 is 12.0 Å². The number of ether oxygens (including phenoxy) is 2. The summed E-state index contributed by atoms with van der Waals surface area (Å²) < 4.78 is 15.1. The predicted octanol–water partition coefficient (Wildman–Crippen LogP) is 1.49. The molecule has 6 heteroatoms. The number of hydrogen-bond acceptors (Lipinski definition) is 6. The van der Waals surface area contributed by atoms with Gasteiger partial charge in [0.1, 0.15) is 6.26 Å². The Morgan fingerprint density at radius 2 is 2.44 bits per heavy atom. The van der Waals surface area contributed by atoms with Gasteiger partial charge in [0.25, 0.3) is 6.01 Å². The minimum Gasteiger partial charge on any atom is -0.461 e. The first kappa shape index (κ1) is 14.2. The zero-order valence-corrected chi connectivity index (χ0v) is 10.7. The average Bonchev–Trinajstić information content (AvgIpc) is 2.84. The van der Waals surface area contributed by atoms with E-state index < -0.39 is 5.97 Å². The molecule has 1 rings (SSSR count). The Kier molecular flexibility index (Phi) is 5.93. The fourth-order valence-corrected chi connectivity index (χ4v) is 1.33. The van der Waals surface area contributed by atoms with Gasteiger partial charge in [-0.15, -0.1) is 6.58 Å². The molecule has 0 atom stereocenters. The van der Waals surface area contributed by atoms with E-state index in [1.165, 1.54) is 6.26 Å². The lowest BCUT2D eigenvalue weighted by molar-refractivity contribution is 0.0519. The Balaban J connectivity index is 2.73. The van der Waals surface area contributed by atoms with Crippen LogP contribution in [0.2, 0.25) is 0 Å². The van der Waals surface area contributed by atoms with Gasteiger partial charge in [0.05, 0.1) is 13.2 Å². The third-order valence-corrected chi connectivity index (χ3v) is 2.16. The molecule has 18 heavy (non-hydrogen) atoms. The summed E-state index contributed by atoms with van der Waals surface area (Å²) in [5, 5.41) is 0. The van der Waals surface area contributed by atoms with Crippen molar-refractivity contribution in [2.75, 3.05) is 38.3 Å². The molecular weight excluding hydrogens is 236 g/mol. The highest BCUT2D eigenvalue weighted by Gasteiger charge is 2.16. The van der Waals surface area contributed by atoms with Crippen molar-refractivity contribution in [1.29, 1.82) is 0 Å². The molecule has 1 aromatic rings. The number of anilines is 1. The van der Waals surface area contributed by atoms with Crippen LogP contribution in [0.25, 0.3) is 0 Å². The predicted molar refractivity (Wildman–Crippen MR) is 66.7 cm³/mol. The summed E-state index contributed by atoms with van der Waals surface area (Å²) in [4.78, 5) is 17.3. The minimum absolute atomic E-state index is 0.165. The van der Waals surface area contributed by atoms with Gasteiger partial charge in [-0.05, 0) is 6.92 Å². The summed E-state index contributed by atoms with van der Waals surface area (Å²) >= 11 is 0. The van der Waals surface area contributed by atoms with Gasteiger partial charge in [0.15, 0.2) is 5.69 Å². The summed E-state index contributed by atoms with van der Waals surface area (Å²) in [5.41, 5.74) is 0.165. The van der Waals surface area contributed by atoms with Crippen molar-refractivity contribution < 1.29 is 18.7 Å². The van der Waals surface area contributed by atoms with Crippen molar-refractivity contribution in [2.24, 2.45) is 0 Å². The molecule has 0 amide bonds. The SMILES string of the molecule is C=CCN(CCOC)c1nc(C(=O)OCC)co1. The monoisotopic (exact) mass is 254 g/mol. The quantitative estimate of drug-likeness (QED) is 0.517. The number of nitrogens with zero attached hydrogens (tertiary/aromatic N) is 2. The molecule has 1 heterocycles. The van der Waals surface area contributed by atoms with Crippen LogP contribution >= 0.6 is 0 Å². The first-order valence-electron chi connectivity index (χ1n) is 5.70. The van der Waals surface area contributed by atoms with Gasteiger partial charge in [-0.25, -0.2) is 4.79 Å². The molecule has 6 nitrogen and oxygen atoms in total. The Hall–Kier alpha value is -1.82. The number of rotatable bonds is 8. The fourth-order valence-electron chi connectivity index (χ4n) is 1.33. The molecule has 0 fully saturated rings. The Bertz CT molecular complexity index is 389. The van der Waals surface area contributed by atoms with Crippen LogP contribution in [0.15, 0.2) is 23.3 Å². The summed E-state index contributed by atoms with van der Waals surface area (Å²) in [6.07, 6.45) is 3.01. The van der Waals surface area contributed by atoms with Gasteiger partial charge in [-0.1, -0.05) is 6.08 Å². The molecule has 0 N–H and O–H groups in total. The number of hydrogen-bond donors (Lipinski definition) is 0. The van der Waals surface area contributed by atoms with Gasteiger partial charge in [-0.3, -0.25) is 0 Å². The highest BCUT2D eigenvalue weighted by molar-refractivity contribution is 5.87. The first-order valence-corrected chi connectivity index (χ1v) is 5.70. The van der Waals surface area contributed by atoms with Crippen molar-refractivity contribution in [2.45, 2.75) is 6.92 Å². The molecule has 0 aromatic carbocycles. The lowest BCUT2D eigenvalue weighted by Crippen LogP contribution is -2.27. The number of esters is 1. The van der Waals surface area contributed by atoms with Crippen LogP contribution < -0.4 is 4.90 Å². The molecule has 0 spiro atoms. The van der Waals surface area contributed by atoms with E-state index in [9.17, 15) is 4.79 Å². The highest BCUT2D eigenvalue weighted by Crippen LogP contribution is 2.14. The van der Waals surface area contributed by atoms with Crippen LogP contribution in [0.3, 0.4) is 0 Å². The van der Waals surface area contributed by atoms with Crippen LogP contribution in [0.1, 0.15) is 17.4 Å². The van der Waals surface area contributed by atoms with Crippen molar-refractivity contribution in [3.05, 3.63) is 24.6 Å². The lowest BCUT2D eigenvalue weighted by Gasteiger charge is -2.17. The highest BCUT2D eigenvalue weighted by atomic mass is 16.5. The smallest absolute Gasteiger partial charge is 0.360 e. The van der Waals surface area contributed by atoms with Crippen molar-refractivity contribution in [3.8, 4) is 0 Å². The van der Waals surface area contributed by atoms with E-state index in [2.05, 4.69) is 11.6 Å². The van der Waals surface area contributed by atoms with Gasteiger partial charge in [-0.2, -0.15) is 4.98 Å². The molecule has 100 valence electrons. The molecule has 0 aliphatic heterocycles. The molecule has 0 unspecified atom stereocenters. The largest absolute Gasteiger partial charge is 0.461 e. The van der Waals surface area contributed by atoms with E-state index in [1.807, 2.05) is 4.90 Å². The molecule has 0 bridgehead atoms. The van der Waals surface area contributed by atoms with E-state index in [1.54, 1.807) is 20.1 Å². The maximum atomic E-state index is 11.4. The van der Waals surface area contributed by atoms with Crippen LogP contribution in [0.4, 0.5) is 6.01 Å². The second-order valence-corrected chi connectivity index (χ2v) is 3.46. The van der Waals surface area contributed by atoms with Crippen molar-refractivity contribution in [3.63, 3.8) is 0 Å². The molecule has 1 aromatic heterocycles. The molecule has 0 radical (unpaired) electrons. The number of aromatic nitrogens is 1. The number of carbonyl (C=O) groups is 1. The minimum atomic E-state index is -0.488. The zero-order chi connectivity index (χ0) is 13.4. The Labute approximate surface area is 106 Å². The van der Waals surface area contributed by atoms with Gasteiger partial charge < -0.3 is 18.8 Å². The standard InChI is InChI=1S/C12H18N2O4/c1-4-6-14(7-8-16-3)12-13-10(9-18-12)11(15)17-5-2/h4,9H,1,5-8H2,2-3H3. The maximum absolute atomic E-state index is 11.4. The van der Waals surface area contributed by atoms with Gasteiger partial charge >= 0.3 is 5.97 Å². The molecule has 0 aliphatic carbocycles. The fraction of sp³-hybridized carbons (Fsp3) is 0.500. The van der Waals surface area contributed by atoms with Gasteiger partial charge in [0.2, 0.25) is 0 Å². The normalized spacial score (nSPS) is 10.1. The Morgan fingerprint density at radius 1 is 1.67 bits per heavy atom. The zero-order valence-electron chi connectivity index (χ0n) is 10.7. The summed E-state index contributed by atoms with van der Waals surface area (Å²) in [6, 6.07) is 0.356. The van der Waals surface area contributed by atoms with Gasteiger partial charge in [0, 0.05) is 20.2 Å². The number of methoxy groups -OCH3 is 1. The second kappa shape index (κ2) is 7.50. The topological polar surface area (TPSA) is 64.8 Å².